The largest absolute Gasteiger partial charge is 0.497 e. The second-order valence-electron chi connectivity index (χ2n) is 5.69. The van der Waals surface area contributed by atoms with Crippen LogP contribution in [0, 0.1) is 0 Å². The number of methoxy groups -OCH3 is 1. The zero-order valence-corrected chi connectivity index (χ0v) is 12.9. The van der Waals surface area contributed by atoms with Crippen LogP contribution in [0.1, 0.15) is 36.9 Å². The van der Waals surface area contributed by atoms with E-state index in [0.29, 0.717) is 6.04 Å². The topological polar surface area (TPSA) is 21.3 Å². The Kier molecular flexibility index (Phi) is 4.26. The average molecular weight is 281 g/mol. The fourth-order valence-corrected chi connectivity index (χ4v) is 3.13. The summed E-state index contributed by atoms with van der Waals surface area (Å²) in [6, 6.07) is 15.7. The van der Waals surface area contributed by atoms with Gasteiger partial charge in [0.25, 0.3) is 0 Å². The number of benzene rings is 2. The van der Waals surface area contributed by atoms with Crippen LogP contribution >= 0.6 is 0 Å². The van der Waals surface area contributed by atoms with E-state index in [-0.39, 0.29) is 0 Å². The fraction of sp³-hybridized carbons (Fsp3) is 0.368. The van der Waals surface area contributed by atoms with Crippen LogP contribution in [0.15, 0.2) is 42.5 Å². The van der Waals surface area contributed by atoms with E-state index < -0.39 is 0 Å². The molecule has 1 N–H and O–H groups in total. The molecule has 1 aliphatic rings. The molecule has 0 aromatic heterocycles. The van der Waals surface area contributed by atoms with Gasteiger partial charge in [0.2, 0.25) is 0 Å². The maximum Gasteiger partial charge on any atom is 0.119 e. The maximum absolute atomic E-state index is 5.32. The van der Waals surface area contributed by atoms with Crippen LogP contribution in [0.4, 0.5) is 0 Å². The van der Waals surface area contributed by atoms with Crippen molar-refractivity contribution >= 4 is 0 Å². The van der Waals surface area contributed by atoms with Gasteiger partial charge in [-0.15, -0.1) is 0 Å². The van der Waals surface area contributed by atoms with Gasteiger partial charge in [0.15, 0.2) is 0 Å². The molecular weight excluding hydrogens is 258 g/mol. The molecule has 0 amide bonds. The highest BCUT2D eigenvalue weighted by Crippen LogP contribution is 2.34. The molecule has 0 heterocycles. The predicted molar refractivity (Wildman–Crippen MR) is 87.8 cm³/mol. The smallest absolute Gasteiger partial charge is 0.119 e. The lowest BCUT2D eigenvalue weighted by Crippen LogP contribution is -2.19. The van der Waals surface area contributed by atoms with E-state index in [0.717, 1.165) is 12.3 Å². The maximum atomic E-state index is 5.32. The van der Waals surface area contributed by atoms with E-state index >= 15 is 0 Å². The molecule has 0 aliphatic heterocycles. The number of nitrogens with one attached hydrogen (secondary N) is 1. The summed E-state index contributed by atoms with van der Waals surface area (Å²) in [6.07, 6.45) is 3.58. The van der Waals surface area contributed by atoms with Crippen molar-refractivity contribution in [2.75, 3.05) is 13.7 Å². The third-order valence-electron chi connectivity index (χ3n) is 4.26. The van der Waals surface area contributed by atoms with Gasteiger partial charge < -0.3 is 10.1 Å². The molecule has 2 heteroatoms. The van der Waals surface area contributed by atoms with E-state index in [1.54, 1.807) is 7.11 Å². The van der Waals surface area contributed by atoms with E-state index in [4.69, 9.17) is 4.74 Å². The van der Waals surface area contributed by atoms with Crippen LogP contribution in [0.3, 0.4) is 0 Å². The molecule has 1 atom stereocenters. The molecule has 3 rings (SSSR count). The van der Waals surface area contributed by atoms with E-state index in [1.165, 1.54) is 41.5 Å². The third kappa shape index (κ3) is 2.96. The monoisotopic (exact) mass is 281 g/mol. The van der Waals surface area contributed by atoms with Crippen molar-refractivity contribution in [1.29, 1.82) is 0 Å². The lowest BCUT2D eigenvalue weighted by atomic mass is 9.99. The number of aryl methyl sites for hydroxylation is 1. The molecule has 2 aromatic rings. The van der Waals surface area contributed by atoms with Crippen LogP contribution in [-0.4, -0.2) is 13.7 Å². The Morgan fingerprint density at radius 3 is 2.81 bits per heavy atom. The second kappa shape index (κ2) is 6.31. The van der Waals surface area contributed by atoms with Crippen LogP contribution in [0.5, 0.6) is 5.75 Å². The number of rotatable bonds is 5. The minimum absolute atomic E-state index is 0.541. The second-order valence-corrected chi connectivity index (χ2v) is 5.69. The summed E-state index contributed by atoms with van der Waals surface area (Å²) in [5.74, 6) is 0.912. The van der Waals surface area contributed by atoms with Crippen molar-refractivity contribution in [3.63, 3.8) is 0 Å². The van der Waals surface area contributed by atoms with Crippen molar-refractivity contribution in [3.05, 3.63) is 53.6 Å². The van der Waals surface area contributed by atoms with Gasteiger partial charge in [-0.1, -0.05) is 37.3 Å². The summed E-state index contributed by atoms with van der Waals surface area (Å²) in [6.45, 7) is 3.32. The van der Waals surface area contributed by atoms with Crippen LogP contribution in [0.25, 0.3) is 11.1 Å². The van der Waals surface area contributed by atoms with Crippen LogP contribution in [0.2, 0.25) is 0 Å². The van der Waals surface area contributed by atoms with E-state index in [2.05, 4.69) is 42.6 Å². The number of hydrogen-bond donors (Lipinski definition) is 1. The quantitative estimate of drug-likeness (QED) is 0.879. The normalized spacial score (nSPS) is 16.8. The predicted octanol–water partition coefficient (Wildman–Crippen LogP) is 4.35. The summed E-state index contributed by atoms with van der Waals surface area (Å²) < 4.78 is 5.32. The molecule has 2 nitrogen and oxygen atoms in total. The highest BCUT2D eigenvalue weighted by atomic mass is 16.5. The Bertz CT molecular complexity index is 621. The lowest BCUT2D eigenvalue weighted by molar-refractivity contribution is 0.415. The molecule has 0 saturated heterocycles. The Balaban J connectivity index is 1.86. The average Bonchev–Trinajstić information content (AvgIpc) is 2.95. The van der Waals surface area contributed by atoms with Crippen LogP contribution in [-0.2, 0) is 6.42 Å². The highest BCUT2D eigenvalue weighted by molar-refractivity contribution is 5.67. The molecule has 2 aromatic carbocycles. The summed E-state index contributed by atoms with van der Waals surface area (Å²) >= 11 is 0. The Labute approximate surface area is 127 Å². The Morgan fingerprint density at radius 1 is 1.14 bits per heavy atom. The Hall–Kier alpha value is -1.80. The summed E-state index contributed by atoms with van der Waals surface area (Å²) in [5, 5.41) is 3.64. The first-order chi connectivity index (χ1) is 10.3. The first kappa shape index (κ1) is 14.2. The van der Waals surface area contributed by atoms with Gasteiger partial charge in [-0.25, -0.2) is 0 Å². The minimum Gasteiger partial charge on any atom is -0.497 e. The van der Waals surface area contributed by atoms with Gasteiger partial charge in [0.1, 0.15) is 5.75 Å². The van der Waals surface area contributed by atoms with Gasteiger partial charge >= 0.3 is 0 Å². The van der Waals surface area contributed by atoms with Crippen molar-refractivity contribution in [2.24, 2.45) is 0 Å². The van der Waals surface area contributed by atoms with E-state index in [9.17, 15) is 0 Å². The van der Waals surface area contributed by atoms with Gasteiger partial charge in [0.05, 0.1) is 7.11 Å². The standard InChI is InChI=1S/C19H23NO/c1-3-11-20-19-10-8-16-12-15(7-9-18(16)19)14-5-4-6-17(13-14)21-2/h4-7,9,12-13,19-20H,3,8,10-11H2,1-2H3. The van der Waals surface area contributed by atoms with Gasteiger partial charge in [-0.2, -0.15) is 0 Å². The van der Waals surface area contributed by atoms with Gasteiger partial charge in [-0.05, 0) is 60.2 Å². The molecule has 0 spiro atoms. The van der Waals surface area contributed by atoms with Crippen molar-refractivity contribution in [1.82, 2.24) is 5.32 Å². The van der Waals surface area contributed by atoms with Gasteiger partial charge in [-0.3, -0.25) is 0 Å². The zero-order chi connectivity index (χ0) is 14.7. The molecular formula is C19H23NO. The number of hydrogen-bond acceptors (Lipinski definition) is 2. The Morgan fingerprint density at radius 2 is 2.00 bits per heavy atom. The minimum atomic E-state index is 0.541. The molecule has 0 radical (unpaired) electrons. The molecule has 21 heavy (non-hydrogen) atoms. The summed E-state index contributed by atoms with van der Waals surface area (Å²) in [5.41, 5.74) is 5.48. The molecule has 110 valence electrons. The first-order valence-electron chi connectivity index (χ1n) is 7.82. The molecule has 0 bridgehead atoms. The number of ether oxygens (including phenoxy) is 1. The zero-order valence-electron chi connectivity index (χ0n) is 12.9. The van der Waals surface area contributed by atoms with Crippen molar-refractivity contribution < 1.29 is 4.74 Å². The highest BCUT2D eigenvalue weighted by Gasteiger charge is 2.21. The van der Waals surface area contributed by atoms with Gasteiger partial charge in [0, 0.05) is 6.04 Å². The molecule has 1 unspecified atom stereocenters. The summed E-state index contributed by atoms with van der Waals surface area (Å²) in [7, 11) is 1.71. The molecule has 0 saturated carbocycles. The summed E-state index contributed by atoms with van der Waals surface area (Å²) in [4.78, 5) is 0. The lowest BCUT2D eigenvalue weighted by Gasteiger charge is -2.14. The third-order valence-corrected chi connectivity index (χ3v) is 4.26. The number of fused-ring (bicyclic) bond motifs is 1. The molecule has 1 aliphatic carbocycles. The van der Waals surface area contributed by atoms with Crippen LogP contribution < -0.4 is 10.1 Å². The SMILES string of the molecule is CCCNC1CCc2cc(-c3cccc(OC)c3)ccc21. The van der Waals surface area contributed by atoms with Crippen molar-refractivity contribution in [3.8, 4) is 16.9 Å². The van der Waals surface area contributed by atoms with Crippen molar-refractivity contribution in [2.45, 2.75) is 32.2 Å². The van der Waals surface area contributed by atoms with E-state index in [1.807, 2.05) is 12.1 Å². The fourth-order valence-electron chi connectivity index (χ4n) is 3.13. The molecule has 0 fully saturated rings. The first-order valence-corrected chi connectivity index (χ1v) is 7.82.